The second-order valence-corrected chi connectivity index (χ2v) is 4.55. The van der Waals surface area contributed by atoms with Gasteiger partial charge in [0.05, 0.1) is 22.7 Å². The van der Waals surface area contributed by atoms with Crippen LogP contribution in [0.25, 0.3) is 0 Å². The Balaban J connectivity index is 2.92. The second-order valence-electron chi connectivity index (χ2n) is 4.55. The first-order valence-corrected chi connectivity index (χ1v) is 5.68. The maximum atomic E-state index is 10.8. The van der Waals surface area contributed by atoms with Crippen LogP contribution in [0.3, 0.4) is 0 Å². The van der Waals surface area contributed by atoms with Gasteiger partial charge in [0, 0.05) is 13.1 Å². The number of anilines is 2. The molecule has 0 aliphatic rings. The first kappa shape index (κ1) is 14.2. The Labute approximate surface area is 105 Å². The first-order chi connectivity index (χ1) is 8.31. The van der Waals surface area contributed by atoms with Crippen LogP contribution in [0.4, 0.5) is 17.3 Å². The van der Waals surface area contributed by atoms with Gasteiger partial charge in [0.15, 0.2) is 0 Å². The largest absolute Gasteiger partial charge is 0.389 e. The van der Waals surface area contributed by atoms with Gasteiger partial charge in [-0.1, -0.05) is 0 Å². The molecule has 100 valence electrons. The van der Waals surface area contributed by atoms with E-state index in [2.05, 4.69) is 15.6 Å². The van der Waals surface area contributed by atoms with E-state index in [0.717, 1.165) is 0 Å². The Bertz CT molecular complexity index is 429. The Morgan fingerprint density at radius 3 is 2.39 bits per heavy atom. The van der Waals surface area contributed by atoms with Crippen molar-refractivity contribution in [2.45, 2.75) is 26.4 Å². The van der Waals surface area contributed by atoms with Crippen molar-refractivity contribution in [3.05, 3.63) is 22.2 Å². The number of aliphatic hydroxyl groups is 1. The molecule has 7 nitrogen and oxygen atoms in total. The monoisotopic (exact) mass is 254 g/mol. The van der Waals surface area contributed by atoms with Crippen LogP contribution in [0, 0.1) is 10.1 Å². The van der Waals surface area contributed by atoms with Crippen LogP contribution in [0.2, 0.25) is 0 Å². The van der Waals surface area contributed by atoms with Crippen molar-refractivity contribution >= 4 is 17.3 Å². The van der Waals surface area contributed by atoms with Gasteiger partial charge in [0.2, 0.25) is 0 Å². The molecule has 0 spiro atoms. The highest BCUT2D eigenvalue weighted by Crippen LogP contribution is 2.20. The summed E-state index contributed by atoms with van der Waals surface area (Å²) in [5.41, 5.74) is -0.954. The summed E-state index contributed by atoms with van der Waals surface area (Å²) in [4.78, 5) is 14.5. The smallest absolute Gasteiger partial charge is 0.276 e. The lowest BCUT2D eigenvalue weighted by molar-refractivity contribution is -0.384. The van der Waals surface area contributed by atoms with E-state index in [1.807, 2.05) is 6.92 Å². The van der Waals surface area contributed by atoms with E-state index < -0.39 is 10.5 Å². The zero-order valence-electron chi connectivity index (χ0n) is 10.7. The van der Waals surface area contributed by atoms with Gasteiger partial charge in [-0.3, -0.25) is 10.1 Å². The highest BCUT2D eigenvalue weighted by molar-refractivity contribution is 5.54. The van der Waals surface area contributed by atoms with Crippen molar-refractivity contribution in [1.29, 1.82) is 0 Å². The summed E-state index contributed by atoms with van der Waals surface area (Å²) in [7, 11) is 0. The molecular weight excluding hydrogens is 236 g/mol. The van der Waals surface area contributed by atoms with E-state index in [1.54, 1.807) is 13.8 Å². The average molecular weight is 254 g/mol. The van der Waals surface area contributed by atoms with E-state index in [4.69, 9.17) is 0 Å². The fraction of sp³-hybridized carbons (Fsp3) is 0.545. The molecule has 0 aromatic carbocycles. The van der Waals surface area contributed by atoms with Crippen LogP contribution >= 0.6 is 0 Å². The standard InChI is InChI=1S/C11H18N4O3/c1-4-12-9-5-8(15(17)18)6-10(14-9)13-7-11(2,3)16/h5-6,16H,4,7H2,1-3H3,(H2,12,13,14). The number of hydrogen-bond donors (Lipinski definition) is 3. The van der Waals surface area contributed by atoms with E-state index >= 15 is 0 Å². The van der Waals surface area contributed by atoms with Gasteiger partial charge >= 0.3 is 0 Å². The molecule has 3 N–H and O–H groups in total. The van der Waals surface area contributed by atoms with Crippen LogP contribution in [0.5, 0.6) is 0 Å². The van der Waals surface area contributed by atoms with E-state index in [-0.39, 0.29) is 12.2 Å². The summed E-state index contributed by atoms with van der Waals surface area (Å²) >= 11 is 0. The number of pyridine rings is 1. The molecule has 1 heterocycles. The summed E-state index contributed by atoms with van der Waals surface area (Å²) in [5.74, 6) is 0.798. The number of hydrogen-bond acceptors (Lipinski definition) is 6. The van der Waals surface area contributed by atoms with Crippen molar-refractivity contribution in [3.8, 4) is 0 Å². The van der Waals surface area contributed by atoms with Crippen LogP contribution < -0.4 is 10.6 Å². The molecule has 18 heavy (non-hydrogen) atoms. The third-order valence-electron chi connectivity index (χ3n) is 2.08. The maximum absolute atomic E-state index is 10.8. The minimum absolute atomic E-state index is 0.0424. The molecule has 0 aliphatic heterocycles. The first-order valence-electron chi connectivity index (χ1n) is 5.68. The van der Waals surface area contributed by atoms with E-state index in [9.17, 15) is 15.2 Å². The molecule has 1 aromatic heterocycles. The van der Waals surface area contributed by atoms with E-state index in [0.29, 0.717) is 18.2 Å². The van der Waals surface area contributed by atoms with Gasteiger partial charge in [-0.2, -0.15) is 0 Å². The maximum Gasteiger partial charge on any atom is 0.276 e. The average Bonchev–Trinajstić information content (AvgIpc) is 2.25. The van der Waals surface area contributed by atoms with Crippen LogP contribution in [-0.2, 0) is 0 Å². The Hall–Kier alpha value is -1.89. The fourth-order valence-corrected chi connectivity index (χ4v) is 1.29. The normalized spacial score (nSPS) is 11.1. The van der Waals surface area contributed by atoms with Gasteiger partial charge in [-0.25, -0.2) is 4.98 Å². The third kappa shape index (κ3) is 4.54. The number of nitro groups is 1. The topological polar surface area (TPSA) is 100 Å². The van der Waals surface area contributed by atoms with Crippen LogP contribution in [0.15, 0.2) is 12.1 Å². The predicted octanol–water partition coefficient (Wildman–Crippen LogP) is 1.60. The van der Waals surface area contributed by atoms with E-state index in [1.165, 1.54) is 12.1 Å². The van der Waals surface area contributed by atoms with Crippen LogP contribution in [-0.4, -0.2) is 33.7 Å². The molecule has 0 unspecified atom stereocenters. The minimum Gasteiger partial charge on any atom is -0.389 e. The molecule has 0 amide bonds. The molecule has 0 bridgehead atoms. The Morgan fingerprint density at radius 1 is 1.39 bits per heavy atom. The molecule has 0 fully saturated rings. The van der Waals surface area contributed by atoms with Crippen molar-refractivity contribution in [2.24, 2.45) is 0 Å². The molecular formula is C11H18N4O3. The fourth-order valence-electron chi connectivity index (χ4n) is 1.29. The summed E-state index contributed by atoms with van der Waals surface area (Å²) in [5, 5.41) is 26.2. The van der Waals surface area contributed by atoms with Gasteiger partial charge in [-0.05, 0) is 20.8 Å². The zero-order valence-corrected chi connectivity index (χ0v) is 10.7. The SMILES string of the molecule is CCNc1cc([N+](=O)[O-])cc(NCC(C)(C)O)n1. The number of rotatable bonds is 6. The number of aromatic nitrogens is 1. The lowest BCUT2D eigenvalue weighted by atomic mass is 10.1. The summed E-state index contributed by atoms with van der Waals surface area (Å²) in [6, 6.07) is 2.71. The number of nitrogens with zero attached hydrogens (tertiary/aromatic N) is 2. The summed E-state index contributed by atoms with van der Waals surface area (Å²) in [6.45, 7) is 6.04. The summed E-state index contributed by atoms with van der Waals surface area (Å²) < 4.78 is 0. The van der Waals surface area contributed by atoms with Crippen molar-refractivity contribution in [1.82, 2.24) is 4.98 Å². The minimum atomic E-state index is -0.912. The second kappa shape index (κ2) is 5.63. The highest BCUT2D eigenvalue weighted by atomic mass is 16.6. The Kier molecular flexibility index (Phi) is 4.43. The highest BCUT2D eigenvalue weighted by Gasteiger charge is 2.15. The lowest BCUT2D eigenvalue weighted by Crippen LogP contribution is -2.29. The van der Waals surface area contributed by atoms with Gasteiger partial charge in [-0.15, -0.1) is 0 Å². The number of nitrogens with one attached hydrogen (secondary N) is 2. The third-order valence-corrected chi connectivity index (χ3v) is 2.08. The van der Waals surface area contributed by atoms with Crippen LogP contribution in [0.1, 0.15) is 20.8 Å². The molecule has 1 rings (SSSR count). The predicted molar refractivity (Wildman–Crippen MR) is 69.8 cm³/mol. The van der Waals surface area contributed by atoms with Crippen molar-refractivity contribution in [3.63, 3.8) is 0 Å². The molecule has 1 aromatic rings. The van der Waals surface area contributed by atoms with Gasteiger partial charge in [0.1, 0.15) is 11.6 Å². The lowest BCUT2D eigenvalue weighted by Gasteiger charge is -2.18. The molecule has 0 radical (unpaired) electrons. The molecule has 7 heteroatoms. The molecule has 0 atom stereocenters. The molecule has 0 saturated carbocycles. The molecule has 0 saturated heterocycles. The quantitative estimate of drug-likeness (QED) is 0.526. The zero-order chi connectivity index (χ0) is 13.8. The summed E-state index contributed by atoms with van der Waals surface area (Å²) in [6.07, 6.45) is 0. The van der Waals surface area contributed by atoms with Gasteiger partial charge in [0.25, 0.3) is 5.69 Å². The Morgan fingerprint density at radius 2 is 1.94 bits per heavy atom. The van der Waals surface area contributed by atoms with Gasteiger partial charge < -0.3 is 15.7 Å². The van der Waals surface area contributed by atoms with Crippen molar-refractivity contribution < 1.29 is 10.0 Å². The van der Waals surface area contributed by atoms with Crippen molar-refractivity contribution in [2.75, 3.05) is 23.7 Å². The molecule has 0 aliphatic carbocycles.